The van der Waals surface area contributed by atoms with Crippen molar-refractivity contribution in [3.8, 4) is 0 Å². The van der Waals surface area contributed by atoms with E-state index in [-0.39, 0.29) is 22.7 Å². The molecule has 24 heteroatoms. The van der Waals surface area contributed by atoms with E-state index in [1.165, 1.54) is 14.1 Å². The van der Waals surface area contributed by atoms with Crippen molar-refractivity contribution < 1.29 is 46.2 Å². The van der Waals surface area contributed by atoms with Gasteiger partial charge in [-0.3, -0.25) is 29.0 Å². The first-order chi connectivity index (χ1) is 18.3. The molecule has 0 spiro atoms. The third kappa shape index (κ3) is 10.4. The molecule has 0 radical (unpaired) electrons. The summed E-state index contributed by atoms with van der Waals surface area (Å²) in [6.45, 7) is -2.80. The maximum absolute atomic E-state index is 12.5. The number of aryl methyl sites for hydroxylation is 2. The number of hydrogen-bond donors (Lipinski definition) is 4. The maximum atomic E-state index is 12.5. The third-order valence-electron chi connectivity index (χ3n) is 4.47. The molecule has 2 heterocycles. The Morgan fingerprint density at radius 3 is 1.32 bits per heavy atom. The summed E-state index contributed by atoms with van der Waals surface area (Å²) in [6.07, 6.45) is 0. The lowest BCUT2D eigenvalue weighted by atomic mass is 10.3. The van der Waals surface area contributed by atoms with Gasteiger partial charge in [-0.2, -0.15) is 9.98 Å². The molecule has 0 atom stereocenters. The molecule has 6 N–H and O–H groups in total. The molecular formula is C16H24N10O10S4. The normalized spacial score (nSPS) is 13.3. The first-order valence-corrected chi connectivity index (χ1v) is 15.2. The molecule has 0 aliphatic carbocycles. The summed E-state index contributed by atoms with van der Waals surface area (Å²) >= 11 is 1.04. The van der Waals surface area contributed by atoms with Gasteiger partial charge in [-0.05, 0) is 0 Å². The van der Waals surface area contributed by atoms with Gasteiger partial charge in [-0.25, -0.2) is 36.5 Å². The van der Waals surface area contributed by atoms with E-state index in [1.54, 1.807) is 0 Å². The molecule has 2 amide bonds. The SMILES string of the molecule is Cn1nc(S(N)(=O)=O)sc1=NC(=O)CN(CCN(CC(=O)O)CC(=O)N=c1sc(S(N)(=O)=O)nn1C)CC(=O)O. The average Bonchev–Trinajstić information content (AvgIpc) is 3.33. The number of hydrogen-bond acceptors (Lipinski definition) is 14. The summed E-state index contributed by atoms with van der Waals surface area (Å²) < 4.78 is 46.8. The number of carbonyl (C=O) groups is 4. The van der Waals surface area contributed by atoms with E-state index >= 15 is 0 Å². The van der Waals surface area contributed by atoms with Gasteiger partial charge in [-0.15, -0.1) is 10.2 Å². The Morgan fingerprint density at radius 2 is 1.07 bits per heavy atom. The molecule has 0 aliphatic heterocycles. The van der Waals surface area contributed by atoms with E-state index in [4.69, 9.17) is 10.3 Å². The number of carboxylic acid groups (broad SMARTS) is 2. The number of carboxylic acids is 2. The zero-order chi connectivity index (χ0) is 30.4. The van der Waals surface area contributed by atoms with Gasteiger partial charge < -0.3 is 10.2 Å². The van der Waals surface area contributed by atoms with Crippen LogP contribution in [0.3, 0.4) is 0 Å². The number of aliphatic carboxylic acids is 2. The number of primary sulfonamides is 2. The highest BCUT2D eigenvalue weighted by Crippen LogP contribution is 2.05. The van der Waals surface area contributed by atoms with Gasteiger partial charge in [0.25, 0.3) is 31.9 Å². The molecular weight excluding hydrogens is 621 g/mol. The van der Waals surface area contributed by atoms with Gasteiger partial charge in [0.2, 0.25) is 18.3 Å². The number of aromatic nitrogens is 4. The van der Waals surface area contributed by atoms with Crippen molar-refractivity contribution in [2.24, 2.45) is 34.4 Å². The van der Waals surface area contributed by atoms with E-state index in [2.05, 4.69) is 20.2 Å². The van der Waals surface area contributed by atoms with Gasteiger partial charge in [0.15, 0.2) is 0 Å². The van der Waals surface area contributed by atoms with Crippen molar-refractivity contribution in [2.75, 3.05) is 39.3 Å². The minimum atomic E-state index is -4.14. The number of sulfonamides is 2. The van der Waals surface area contributed by atoms with Gasteiger partial charge in [0, 0.05) is 27.2 Å². The molecule has 0 unspecified atom stereocenters. The summed E-state index contributed by atoms with van der Waals surface area (Å²) in [5.41, 5.74) is 0. The predicted molar refractivity (Wildman–Crippen MR) is 134 cm³/mol. The molecule has 0 fully saturated rings. The standard InChI is InChI=1S/C16H24N10O10S4/c1-23-13(37-15(21-23)39(17,33)34)19-9(27)5-25(7-11(29)30)3-4-26(8-12(31)32)6-10(28)20-14-24(2)22-16(38-14)40(18,35)36/h3-8H2,1-2H3,(H,29,30)(H,31,32)(H2,17,33,34)(H2,18,35,36). The molecule has 2 rings (SSSR count). The van der Waals surface area contributed by atoms with Crippen LogP contribution in [0.1, 0.15) is 0 Å². The zero-order valence-electron chi connectivity index (χ0n) is 20.8. The Hall–Kier alpha value is -3.26. The van der Waals surface area contributed by atoms with Crippen LogP contribution in [0, 0.1) is 0 Å². The second kappa shape index (κ2) is 13.4. The summed E-state index contributed by atoms with van der Waals surface area (Å²) in [5, 5.41) is 35.8. The van der Waals surface area contributed by atoms with Crippen LogP contribution < -0.4 is 19.9 Å². The number of nitrogens with two attached hydrogens (primary N) is 2. The fourth-order valence-corrected chi connectivity index (χ4v) is 5.97. The Bertz CT molecular complexity index is 1530. The van der Waals surface area contributed by atoms with Crippen LogP contribution in [0.2, 0.25) is 0 Å². The molecule has 20 nitrogen and oxygen atoms in total. The highest BCUT2D eigenvalue weighted by Gasteiger charge is 2.20. The first kappa shape index (κ1) is 32.9. The average molecular weight is 645 g/mol. The van der Waals surface area contributed by atoms with Crippen molar-refractivity contribution in [2.45, 2.75) is 8.68 Å². The molecule has 0 saturated carbocycles. The van der Waals surface area contributed by atoms with Crippen LogP contribution in [0.4, 0.5) is 0 Å². The molecule has 0 saturated heterocycles. The second-order valence-corrected chi connectivity index (χ2v) is 13.2. The Morgan fingerprint density at radius 1 is 0.750 bits per heavy atom. The lowest BCUT2D eigenvalue weighted by molar-refractivity contribution is -0.141. The third-order valence-corrected chi connectivity index (χ3v) is 9.09. The highest BCUT2D eigenvalue weighted by atomic mass is 32.3. The largest absolute Gasteiger partial charge is 0.480 e. The number of nitrogens with zero attached hydrogens (tertiary/aromatic N) is 8. The lowest BCUT2D eigenvalue weighted by Gasteiger charge is -2.23. The highest BCUT2D eigenvalue weighted by molar-refractivity contribution is 7.91. The summed E-state index contributed by atoms with van der Waals surface area (Å²) in [6, 6.07) is 0. The van der Waals surface area contributed by atoms with Crippen LogP contribution in [-0.4, -0.2) is 119 Å². The Labute approximate surface area is 233 Å². The predicted octanol–water partition coefficient (Wildman–Crippen LogP) is -5.10. The van der Waals surface area contributed by atoms with E-state index < -0.39 is 78.7 Å². The smallest absolute Gasteiger partial charge is 0.317 e. The maximum Gasteiger partial charge on any atom is 0.317 e. The molecule has 222 valence electrons. The van der Waals surface area contributed by atoms with Crippen LogP contribution in [0.5, 0.6) is 0 Å². The first-order valence-electron chi connectivity index (χ1n) is 10.5. The quantitative estimate of drug-likeness (QED) is 0.159. The van der Waals surface area contributed by atoms with Crippen molar-refractivity contribution in [3.63, 3.8) is 0 Å². The summed E-state index contributed by atoms with van der Waals surface area (Å²) in [7, 11) is -5.65. The van der Waals surface area contributed by atoms with Crippen LogP contribution in [0.15, 0.2) is 18.7 Å². The lowest BCUT2D eigenvalue weighted by Crippen LogP contribution is -2.43. The molecule has 0 bridgehead atoms. The van der Waals surface area contributed by atoms with E-state index in [1.807, 2.05) is 0 Å². The Balaban J connectivity index is 2.18. The van der Waals surface area contributed by atoms with Crippen LogP contribution >= 0.6 is 22.7 Å². The van der Waals surface area contributed by atoms with Gasteiger partial charge in [-0.1, -0.05) is 22.7 Å². The summed E-state index contributed by atoms with van der Waals surface area (Å²) in [4.78, 5) is 57.0. The molecule has 0 aromatic carbocycles. The number of rotatable bonds is 13. The number of carbonyl (C=O) groups excluding carboxylic acids is 2. The number of amides is 2. The summed E-state index contributed by atoms with van der Waals surface area (Å²) in [5.74, 6) is -4.35. The molecule has 40 heavy (non-hydrogen) atoms. The second-order valence-electron chi connectivity index (χ2n) is 7.86. The van der Waals surface area contributed by atoms with E-state index in [0.29, 0.717) is 22.7 Å². The van der Waals surface area contributed by atoms with Gasteiger partial charge in [0.1, 0.15) is 0 Å². The monoisotopic (exact) mass is 644 g/mol. The molecule has 0 aliphatic rings. The fraction of sp³-hybridized carbons (Fsp3) is 0.500. The fourth-order valence-electron chi connectivity index (χ4n) is 2.84. The van der Waals surface area contributed by atoms with Crippen LogP contribution in [0.25, 0.3) is 0 Å². The minimum absolute atomic E-state index is 0.120. The van der Waals surface area contributed by atoms with Gasteiger partial charge in [0.05, 0.1) is 26.2 Å². The van der Waals surface area contributed by atoms with Crippen molar-refractivity contribution in [3.05, 3.63) is 9.60 Å². The van der Waals surface area contributed by atoms with E-state index in [9.17, 15) is 46.2 Å². The zero-order valence-corrected chi connectivity index (χ0v) is 24.0. The molecule has 2 aromatic heterocycles. The minimum Gasteiger partial charge on any atom is -0.480 e. The van der Waals surface area contributed by atoms with E-state index in [0.717, 1.165) is 19.2 Å². The topological polar surface area (TPSA) is 296 Å². The van der Waals surface area contributed by atoms with Gasteiger partial charge >= 0.3 is 11.9 Å². The van der Waals surface area contributed by atoms with Crippen molar-refractivity contribution >= 4 is 66.5 Å². The van der Waals surface area contributed by atoms with Crippen molar-refractivity contribution in [1.29, 1.82) is 0 Å². The molecule has 2 aromatic rings. The Kier molecular flexibility index (Phi) is 11.0. The van der Waals surface area contributed by atoms with Crippen molar-refractivity contribution in [1.82, 2.24) is 29.4 Å². The van der Waals surface area contributed by atoms with Crippen LogP contribution in [-0.2, 0) is 53.3 Å².